The van der Waals surface area contributed by atoms with E-state index in [1.54, 1.807) is 31.9 Å². The average Bonchev–Trinajstić information content (AvgIpc) is 2.82. The fraction of sp³-hybridized carbons (Fsp3) is 0.182. The number of nitrogens with zero attached hydrogens (tertiary/aromatic N) is 1. The van der Waals surface area contributed by atoms with Gasteiger partial charge in [0.05, 0.1) is 25.1 Å². The molecular weight excluding hydrogens is 226 g/mol. The molecule has 1 heterocycles. The van der Waals surface area contributed by atoms with Crippen LogP contribution < -0.4 is 14.2 Å². The molecule has 0 aliphatic heterocycles. The van der Waals surface area contributed by atoms with E-state index in [1.165, 1.54) is 11.3 Å². The Kier molecular flexibility index (Phi) is 3.26. The summed E-state index contributed by atoms with van der Waals surface area (Å²) in [5.41, 5.74) is 1.71. The Balaban J connectivity index is 2.26. The second-order valence-corrected chi connectivity index (χ2v) is 3.66. The SMILES string of the molecule is COc1ccc(Oc2cscn2)c(OC)c1. The predicted molar refractivity (Wildman–Crippen MR) is 61.7 cm³/mol. The summed E-state index contributed by atoms with van der Waals surface area (Å²) in [5, 5.41) is 1.82. The number of thiazole rings is 1. The lowest BCUT2D eigenvalue weighted by atomic mass is 10.3. The van der Waals surface area contributed by atoms with Gasteiger partial charge in [0.2, 0.25) is 5.88 Å². The smallest absolute Gasteiger partial charge is 0.230 e. The minimum atomic E-state index is 0.563. The Hall–Kier alpha value is -1.75. The summed E-state index contributed by atoms with van der Waals surface area (Å²) in [7, 11) is 3.19. The maximum absolute atomic E-state index is 5.56. The Morgan fingerprint density at radius 2 is 2.00 bits per heavy atom. The van der Waals surface area contributed by atoms with Crippen molar-refractivity contribution in [2.24, 2.45) is 0 Å². The molecule has 1 aromatic heterocycles. The number of aromatic nitrogens is 1. The van der Waals surface area contributed by atoms with E-state index in [4.69, 9.17) is 14.2 Å². The lowest BCUT2D eigenvalue weighted by molar-refractivity contribution is 0.366. The molecule has 84 valence electrons. The van der Waals surface area contributed by atoms with Crippen molar-refractivity contribution < 1.29 is 14.2 Å². The van der Waals surface area contributed by atoms with Crippen molar-refractivity contribution in [3.8, 4) is 23.1 Å². The van der Waals surface area contributed by atoms with Crippen LogP contribution in [0, 0.1) is 0 Å². The molecule has 1 aromatic carbocycles. The second kappa shape index (κ2) is 4.85. The highest BCUT2D eigenvalue weighted by molar-refractivity contribution is 7.07. The minimum absolute atomic E-state index is 0.563. The highest BCUT2D eigenvalue weighted by Crippen LogP contribution is 2.34. The summed E-state index contributed by atoms with van der Waals surface area (Å²) in [6.45, 7) is 0. The summed E-state index contributed by atoms with van der Waals surface area (Å²) < 4.78 is 15.9. The number of benzene rings is 1. The monoisotopic (exact) mass is 237 g/mol. The van der Waals surface area contributed by atoms with E-state index in [2.05, 4.69) is 4.98 Å². The zero-order valence-electron chi connectivity index (χ0n) is 8.97. The van der Waals surface area contributed by atoms with Crippen LogP contribution in [-0.4, -0.2) is 19.2 Å². The third kappa shape index (κ3) is 2.25. The number of ether oxygens (including phenoxy) is 3. The van der Waals surface area contributed by atoms with Gasteiger partial charge in [0, 0.05) is 6.07 Å². The van der Waals surface area contributed by atoms with E-state index in [0.717, 1.165) is 5.75 Å². The van der Waals surface area contributed by atoms with Crippen LogP contribution in [0.1, 0.15) is 0 Å². The highest BCUT2D eigenvalue weighted by atomic mass is 32.1. The quantitative estimate of drug-likeness (QED) is 0.819. The Labute approximate surface area is 97.4 Å². The van der Waals surface area contributed by atoms with E-state index >= 15 is 0 Å². The molecular formula is C11H11NO3S. The molecule has 0 aliphatic carbocycles. The number of hydrogen-bond acceptors (Lipinski definition) is 5. The van der Waals surface area contributed by atoms with Crippen LogP contribution >= 0.6 is 11.3 Å². The van der Waals surface area contributed by atoms with Crippen molar-refractivity contribution in [2.45, 2.75) is 0 Å². The van der Waals surface area contributed by atoms with Crippen LogP contribution in [0.3, 0.4) is 0 Å². The predicted octanol–water partition coefficient (Wildman–Crippen LogP) is 2.95. The standard InChI is InChI=1S/C11H11NO3S/c1-13-8-3-4-9(10(5-8)14-2)15-11-6-16-7-12-11/h3-7H,1-2H3. The van der Waals surface area contributed by atoms with Crippen LogP contribution in [0.15, 0.2) is 29.1 Å². The molecule has 0 radical (unpaired) electrons. The molecule has 2 aromatic rings. The topological polar surface area (TPSA) is 40.6 Å². The van der Waals surface area contributed by atoms with Gasteiger partial charge in [0.1, 0.15) is 5.75 Å². The summed E-state index contributed by atoms with van der Waals surface area (Å²) in [6, 6.07) is 5.36. The molecule has 0 amide bonds. The summed E-state index contributed by atoms with van der Waals surface area (Å²) in [6.07, 6.45) is 0. The fourth-order valence-corrected chi connectivity index (χ4v) is 1.67. The Morgan fingerprint density at radius 1 is 1.12 bits per heavy atom. The molecule has 0 unspecified atom stereocenters. The third-order valence-corrected chi connectivity index (χ3v) is 2.56. The van der Waals surface area contributed by atoms with Gasteiger partial charge in [-0.3, -0.25) is 0 Å². The lowest BCUT2D eigenvalue weighted by Gasteiger charge is -2.09. The van der Waals surface area contributed by atoms with Crippen molar-refractivity contribution in [1.82, 2.24) is 4.98 Å². The van der Waals surface area contributed by atoms with Crippen LogP contribution in [0.5, 0.6) is 23.1 Å². The van der Waals surface area contributed by atoms with Gasteiger partial charge in [-0.05, 0) is 12.1 Å². The summed E-state index contributed by atoms with van der Waals surface area (Å²) in [4.78, 5) is 4.04. The maximum atomic E-state index is 5.56. The summed E-state index contributed by atoms with van der Waals surface area (Å²) >= 11 is 1.48. The van der Waals surface area contributed by atoms with Gasteiger partial charge in [-0.1, -0.05) is 0 Å². The van der Waals surface area contributed by atoms with Crippen molar-refractivity contribution in [3.63, 3.8) is 0 Å². The lowest BCUT2D eigenvalue weighted by Crippen LogP contribution is -1.91. The first kappa shape index (κ1) is 10.8. The van der Waals surface area contributed by atoms with E-state index in [1.807, 2.05) is 11.4 Å². The van der Waals surface area contributed by atoms with Crippen molar-refractivity contribution >= 4 is 11.3 Å². The van der Waals surface area contributed by atoms with E-state index in [9.17, 15) is 0 Å². The van der Waals surface area contributed by atoms with Crippen LogP contribution in [0.4, 0.5) is 0 Å². The van der Waals surface area contributed by atoms with E-state index < -0.39 is 0 Å². The largest absolute Gasteiger partial charge is 0.497 e. The van der Waals surface area contributed by atoms with E-state index in [0.29, 0.717) is 17.4 Å². The molecule has 5 heteroatoms. The van der Waals surface area contributed by atoms with Gasteiger partial charge in [-0.25, -0.2) is 4.98 Å². The normalized spacial score (nSPS) is 9.88. The van der Waals surface area contributed by atoms with Crippen LogP contribution in [0.2, 0.25) is 0 Å². The number of rotatable bonds is 4. The highest BCUT2D eigenvalue weighted by Gasteiger charge is 2.07. The van der Waals surface area contributed by atoms with E-state index in [-0.39, 0.29) is 0 Å². The molecule has 0 fully saturated rings. The van der Waals surface area contributed by atoms with Crippen LogP contribution in [0.25, 0.3) is 0 Å². The summed E-state index contributed by atoms with van der Waals surface area (Å²) in [5.74, 6) is 2.53. The first-order valence-corrected chi connectivity index (χ1v) is 5.56. The molecule has 2 rings (SSSR count). The zero-order valence-corrected chi connectivity index (χ0v) is 9.78. The average molecular weight is 237 g/mol. The van der Waals surface area contributed by atoms with Crippen molar-refractivity contribution in [1.29, 1.82) is 0 Å². The third-order valence-electron chi connectivity index (χ3n) is 1.99. The molecule has 0 atom stereocenters. The van der Waals surface area contributed by atoms with Gasteiger partial charge in [-0.2, -0.15) is 0 Å². The van der Waals surface area contributed by atoms with Gasteiger partial charge in [-0.15, -0.1) is 11.3 Å². The molecule has 0 N–H and O–H groups in total. The van der Waals surface area contributed by atoms with Gasteiger partial charge >= 0.3 is 0 Å². The first-order chi connectivity index (χ1) is 7.83. The zero-order chi connectivity index (χ0) is 11.4. The number of methoxy groups -OCH3 is 2. The van der Waals surface area contributed by atoms with Crippen molar-refractivity contribution in [2.75, 3.05) is 14.2 Å². The number of hydrogen-bond donors (Lipinski definition) is 0. The minimum Gasteiger partial charge on any atom is -0.497 e. The molecule has 0 saturated carbocycles. The van der Waals surface area contributed by atoms with Gasteiger partial charge < -0.3 is 14.2 Å². The molecule has 0 spiro atoms. The molecule has 16 heavy (non-hydrogen) atoms. The van der Waals surface area contributed by atoms with Gasteiger partial charge in [0.15, 0.2) is 11.5 Å². The van der Waals surface area contributed by atoms with Gasteiger partial charge in [0.25, 0.3) is 0 Å². The molecule has 0 bridgehead atoms. The fourth-order valence-electron chi connectivity index (χ4n) is 1.22. The maximum Gasteiger partial charge on any atom is 0.230 e. The second-order valence-electron chi connectivity index (χ2n) is 2.95. The Morgan fingerprint density at radius 3 is 2.62 bits per heavy atom. The van der Waals surface area contributed by atoms with Crippen LogP contribution in [-0.2, 0) is 0 Å². The molecule has 0 saturated heterocycles. The molecule has 0 aliphatic rings. The first-order valence-electron chi connectivity index (χ1n) is 4.61. The van der Waals surface area contributed by atoms with Crippen molar-refractivity contribution in [3.05, 3.63) is 29.1 Å². The molecule has 4 nitrogen and oxygen atoms in total. The Bertz CT molecular complexity index is 456.